The lowest BCUT2D eigenvalue weighted by Gasteiger charge is -2.34. The minimum absolute atomic E-state index is 0.177. The number of hydrogen-bond acceptors (Lipinski definition) is 5. The molecule has 1 aromatic rings. The predicted octanol–water partition coefficient (Wildman–Crippen LogP) is -0.367. The first kappa shape index (κ1) is 14.9. The third-order valence-corrected chi connectivity index (χ3v) is 3.22. The second-order valence-corrected chi connectivity index (χ2v) is 4.54. The molecule has 21 heavy (non-hydrogen) atoms. The molecule has 0 bridgehead atoms. The number of benzene rings is 1. The molecule has 2 rings (SSSR count). The van der Waals surface area contributed by atoms with Gasteiger partial charge >= 0.3 is 0 Å². The Morgan fingerprint density at radius 2 is 2.19 bits per heavy atom. The lowest BCUT2D eigenvalue weighted by atomic mass is 10.1. The summed E-state index contributed by atoms with van der Waals surface area (Å²) in [6.45, 7) is 0.793. The van der Waals surface area contributed by atoms with Crippen LogP contribution in [-0.4, -0.2) is 47.3 Å². The van der Waals surface area contributed by atoms with Gasteiger partial charge in [-0.3, -0.25) is 19.7 Å². The van der Waals surface area contributed by atoms with Crippen LogP contribution in [0.25, 0.3) is 0 Å². The maximum Gasteiger partial charge on any atom is 0.285 e. The summed E-state index contributed by atoms with van der Waals surface area (Å²) in [6, 6.07) is 1.78. The molecule has 0 aliphatic carbocycles. The highest BCUT2D eigenvalue weighted by atomic mass is 19.1. The number of hydrogen-bond donors (Lipinski definition) is 2. The Labute approximate surface area is 118 Å². The van der Waals surface area contributed by atoms with E-state index in [-0.39, 0.29) is 18.7 Å². The highest BCUT2D eigenvalue weighted by Crippen LogP contribution is 2.22. The van der Waals surface area contributed by atoms with E-state index >= 15 is 0 Å². The van der Waals surface area contributed by atoms with Gasteiger partial charge in [0.2, 0.25) is 5.91 Å². The Bertz CT molecular complexity index is 607. The van der Waals surface area contributed by atoms with E-state index in [9.17, 15) is 24.1 Å². The fourth-order valence-electron chi connectivity index (χ4n) is 2.19. The van der Waals surface area contributed by atoms with Crippen molar-refractivity contribution < 1.29 is 18.9 Å². The smallest absolute Gasteiger partial charge is 0.285 e. The lowest BCUT2D eigenvalue weighted by molar-refractivity contribution is -0.385. The van der Waals surface area contributed by atoms with E-state index in [0.717, 1.165) is 12.1 Å². The van der Waals surface area contributed by atoms with Crippen LogP contribution >= 0.6 is 0 Å². The van der Waals surface area contributed by atoms with Crippen LogP contribution in [0.2, 0.25) is 0 Å². The number of nitrogens with one attached hydrogen (secondary N) is 1. The normalized spacial score (nSPS) is 18.3. The van der Waals surface area contributed by atoms with Crippen LogP contribution in [-0.2, 0) is 4.79 Å². The number of nitro benzene ring substituents is 1. The number of piperazine rings is 1. The monoisotopic (exact) mass is 296 g/mol. The molecule has 0 aromatic heterocycles. The molecule has 1 fully saturated rings. The Hall–Kier alpha value is -2.55. The van der Waals surface area contributed by atoms with Gasteiger partial charge in [0.05, 0.1) is 11.0 Å². The van der Waals surface area contributed by atoms with Crippen LogP contribution < -0.4 is 11.1 Å². The second-order valence-electron chi connectivity index (χ2n) is 4.54. The number of primary amides is 1. The molecule has 1 heterocycles. The molecule has 2 amide bonds. The quantitative estimate of drug-likeness (QED) is 0.583. The first-order chi connectivity index (χ1) is 9.91. The van der Waals surface area contributed by atoms with Gasteiger partial charge in [-0.25, -0.2) is 4.39 Å². The third-order valence-electron chi connectivity index (χ3n) is 3.22. The molecule has 8 nitrogen and oxygen atoms in total. The zero-order chi connectivity index (χ0) is 15.6. The zero-order valence-corrected chi connectivity index (χ0v) is 10.9. The molecule has 1 aromatic carbocycles. The van der Waals surface area contributed by atoms with Gasteiger partial charge in [0, 0.05) is 19.6 Å². The molecule has 112 valence electrons. The molecule has 3 N–H and O–H groups in total. The Morgan fingerprint density at radius 3 is 2.81 bits per heavy atom. The van der Waals surface area contributed by atoms with Crippen molar-refractivity contribution in [1.29, 1.82) is 0 Å². The molecule has 1 saturated heterocycles. The predicted molar refractivity (Wildman–Crippen MR) is 69.9 cm³/mol. The minimum Gasteiger partial charge on any atom is -0.368 e. The van der Waals surface area contributed by atoms with E-state index in [2.05, 4.69) is 5.32 Å². The largest absolute Gasteiger partial charge is 0.368 e. The zero-order valence-electron chi connectivity index (χ0n) is 10.9. The third kappa shape index (κ3) is 2.97. The summed E-state index contributed by atoms with van der Waals surface area (Å²) in [5.41, 5.74) is 4.32. The summed E-state index contributed by atoms with van der Waals surface area (Å²) < 4.78 is 13.1. The Kier molecular flexibility index (Phi) is 4.13. The van der Waals surface area contributed by atoms with E-state index in [0.29, 0.717) is 12.6 Å². The number of nitro groups is 1. The number of carbonyl (C=O) groups is 2. The molecule has 0 spiro atoms. The molecule has 1 atom stereocenters. The summed E-state index contributed by atoms with van der Waals surface area (Å²) in [4.78, 5) is 35.1. The summed E-state index contributed by atoms with van der Waals surface area (Å²) in [6.07, 6.45) is 0. The maximum atomic E-state index is 13.1. The van der Waals surface area contributed by atoms with Crippen molar-refractivity contribution in [1.82, 2.24) is 10.2 Å². The van der Waals surface area contributed by atoms with Crippen molar-refractivity contribution in [3.8, 4) is 0 Å². The van der Waals surface area contributed by atoms with Crippen LogP contribution in [0.4, 0.5) is 10.1 Å². The molecule has 1 aliphatic heterocycles. The van der Waals surface area contributed by atoms with Crippen LogP contribution in [0.1, 0.15) is 10.4 Å². The highest BCUT2D eigenvalue weighted by Gasteiger charge is 2.34. The number of nitrogens with zero attached hydrogens (tertiary/aromatic N) is 2. The van der Waals surface area contributed by atoms with Gasteiger partial charge in [-0.15, -0.1) is 0 Å². The maximum absolute atomic E-state index is 13.1. The number of carbonyl (C=O) groups excluding carboxylic acids is 2. The van der Waals surface area contributed by atoms with Crippen molar-refractivity contribution in [3.05, 3.63) is 39.7 Å². The SMILES string of the molecule is NC(=O)C1CNCCN1C(=O)c1ccc(F)cc1[N+](=O)[O-]. The van der Waals surface area contributed by atoms with Crippen molar-refractivity contribution >= 4 is 17.5 Å². The molecular formula is C12H13FN4O4. The summed E-state index contributed by atoms with van der Waals surface area (Å²) in [5, 5.41) is 13.9. The fourth-order valence-corrected chi connectivity index (χ4v) is 2.19. The Balaban J connectivity index is 2.39. The topological polar surface area (TPSA) is 119 Å². The van der Waals surface area contributed by atoms with Crippen LogP contribution in [0.3, 0.4) is 0 Å². The van der Waals surface area contributed by atoms with Gasteiger partial charge in [-0.2, -0.15) is 0 Å². The van der Waals surface area contributed by atoms with Gasteiger partial charge in [-0.05, 0) is 12.1 Å². The number of nitrogens with two attached hydrogens (primary N) is 1. The molecule has 0 radical (unpaired) electrons. The van der Waals surface area contributed by atoms with Gasteiger partial charge < -0.3 is 16.0 Å². The van der Waals surface area contributed by atoms with Crippen molar-refractivity contribution in [2.75, 3.05) is 19.6 Å². The number of halogens is 1. The summed E-state index contributed by atoms with van der Waals surface area (Å²) in [7, 11) is 0. The Morgan fingerprint density at radius 1 is 1.48 bits per heavy atom. The second kappa shape index (κ2) is 5.83. The van der Waals surface area contributed by atoms with E-state index in [1.165, 1.54) is 4.90 Å². The van der Waals surface area contributed by atoms with Crippen molar-refractivity contribution in [2.45, 2.75) is 6.04 Å². The lowest BCUT2D eigenvalue weighted by Crippen LogP contribution is -2.58. The van der Waals surface area contributed by atoms with E-state index in [1.807, 2.05) is 0 Å². The number of amides is 2. The van der Waals surface area contributed by atoms with Crippen molar-refractivity contribution in [2.24, 2.45) is 5.73 Å². The van der Waals surface area contributed by atoms with Gasteiger partial charge in [0.15, 0.2) is 0 Å². The molecular weight excluding hydrogens is 283 g/mol. The van der Waals surface area contributed by atoms with Crippen LogP contribution in [0.15, 0.2) is 18.2 Å². The van der Waals surface area contributed by atoms with E-state index in [1.54, 1.807) is 0 Å². The van der Waals surface area contributed by atoms with Crippen molar-refractivity contribution in [3.63, 3.8) is 0 Å². The molecule has 9 heteroatoms. The van der Waals surface area contributed by atoms with Crippen LogP contribution in [0.5, 0.6) is 0 Å². The number of rotatable bonds is 3. The molecule has 0 saturated carbocycles. The van der Waals surface area contributed by atoms with Gasteiger partial charge in [-0.1, -0.05) is 0 Å². The molecule has 1 aliphatic rings. The summed E-state index contributed by atoms with van der Waals surface area (Å²) in [5.74, 6) is -2.24. The fraction of sp³-hybridized carbons (Fsp3) is 0.333. The van der Waals surface area contributed by atoms with E-state index < -0.39 is 34.3 Å². The standard InChI is InChI=1S/C12H13FN4O4/c13-7-1-2-8(9(5-7)17(20)21)12(19)16-4-3-15-6-10(16)11(14)18/h1-2,5,10,15H,3-4,6H2,(H2,14,18). The summed E-state index contributed by atoms with van der Waals surface area (Å²) >= 11 is 0. The van der Waals surface area contributed by atoms with Gasteiger partial charge in [0.25, 0.3) is 11.6 Å². The average molecular weight is 296 g/mol. The van der Waals surface area contributed by atoms with E-state index in [4.69, 9.17) is 5.73 Å². The minimum atomic E-state index is -0.893. The first-order valence-corrected chi connectivity index (χ1v) is 6.16. The van der Waals surface area contributed by atoms with Crippen LogP contribution in [0, 0.1) is 15.9 Å². The average Bonchev–Trinajstić information content (AvgIpc) is 2.46. The highest BCUT2D eigenvalue weighted by molar-refractivity contribution is 6.00. The van der Waals surface area contributed by atoms with Gasteiger partial charge in [0.1, 0.15) is 17.4 Å². The molecule has 1 unspecified atom stereocenters. The first-order valence-electron chi connectivity index (χ1n) is 6.16.